The van der Waals surface area contributed by atoms with Crippen LogP contribution in [-0.2, 0) is 20.9 Å². The lowest BCUT2D eigenvalue weighted by Crippen LogP contribution is -2.21. The summed E-state index contributed by atoms with van der Waals surface area (Å²) < 4.78 is 32.2. The molecular weight excluding hydrogens is 272 g/mol. The fraction of sp³-hybridized carbons (Fsp3) is 0.625. The van der Waals surface area contributed by atoms with Crippen molar-refractivity contribution in [2.45, 2.75) is 64.5 Å². The van der Waals surface area contributed by atoms with E-state index in [1.54, 1.807) is 0 Å². The molecule has 0 radical (unpaired) electrons. The van der Waals surface area contributed by atoms with Crippen LogP contribution in [0, 0.1) is 0 Å². The van der Waals surface area contributed by atoms with Gasteiger partial charge in [-0.25, -0.2) is 0 Å². The molecule has 0 aliphatic rings. The van der Waals surface area contributed by atoms with Crippen LogP contribution < -0.4 is 0 Å². The zero-order valence-corrected chi connectivity index (χ0v) is 14.3. The maximum atomic E-state index is 11.4. The molecule has 1 atom stereocenters. The van der Waals surface area contributed by atoms with Crippen molar-refractivity contribution in [3.05, 3.63) is 34.9 Å². The van der Waals surface area contributed by atoms with Gasteiger partial charge in [-0.15, -0.1) is 0 Å². The van der Waals surface area contributed by atoms with Crippen LogP contribution in [0.25, 0.3) is 0 Å². The van der Waals surface area contributed by atoms with Crippen LogP contribution in [0.3, 0.4) is 0 Å². The molecule has 3 nitrogen and oxygen atoms in total. The van der Waals surface area contributed by atoms with Gasteiger partial charge in [0.05, 0.1) is 0 Å². The average Bonchev–Trinajstić information content (AvgIpc) is 2.23. The lowest BCUT2D eigenvalue weighted by Gasteiger charge is -2.28. The normalized spacial score (nSPS) is 15.2. The van der Waals surface area contributed by atoms with Gasteiger partial charge in [0.2, 0.25) is 0 Å². The summed E-state index contributed by atoms with van der Waals surface area (Å²) in [6.45, 7) is 14.1. The zero-order chi connectivity index (χ0) is 15.9. The third-order valence-electron chi connectivity index (χ3n) is 3.61. The first-order valence-electron chi connectivity index (χ1n) is 6.86. The molecule has 0 amide bonds. The minimum absolute atomic E-state index is 0.000141. The smallest absolute Gasteiger partial charge is 0.271 e. The van der Waals surface area contributed by atoms with Crippen molar-refractivity contribution >= 4 is 10.1 Å². The van der Waals surface area contributed by atoms with Crippen molar-refractivity contribution in [3.63, 3.8) is 0 Å². The molecule has 0 aliphatic carbocycles. The maximum Gasteiger partial charge on any atom is 0.271 e. The first-order valence-corrected chi connectivity index (χ1v) is 8.36. The molecule has 0 saturated heterocycles. The molecule has 0 heterocycles. The Morgan fingerprint density at radius 2 is 1.50 bits per heavy atom. The van der Waals surface area contributed by atoms with E-state index in [1.165, 1.54) is 6.92 Å². The van der Waals surface area contributed by atoms with E-state index >= 15 is 0 Å². The van der Waals surface area contributed by atoms with Crippen molar-refractivity contribution in [3.8, 4) is 0 Å². The predicted octanol–water partition coefficient (Wildman–Crippen LogP) is 4.23. The van der Waals surface area contributed by atoms with Gasteiger partial charge >= 0.3 is 0 Å². The number of hydrogen-bond acceptors (Lipinski definition) is 2. The summed E-state index contributed by atoms with van der Waals surface area (Å²) in [4.78, 5) is 0. The van der Waals surface area contributed by atoms with Crippen molar-refractivity contribution in [1.82, 2.24) is 0 Å². The quantitative estimate of drug-likeness (QED) is 0.831. The standard InChI is InChI=1S/C16H26O3S/c1-11(20(17,18)19)13-9-8-12(15(2,3)4)10-14(13)16(5,6)7/h8-11H,1-7H3,(H,17,18,19). The number of rotatable bonds is 2. The lowest BCUT2D eigenvalue weighted by atomic mass is 9.78. The summed E-state index contributed by atoms with van der Waals surface area (Å²) in [5, 5.41) is -0.911. The van der Waals surface area contributed by atoms with E-state index in [2.05, 4.69) is 47.6 Å². The van der Waals surface area contributed by atoms with Gasteiger partial charge in [-0.05, 0) is 34.4 Å². The number of hydrogen-bond donors (Lipinski definition) is 1. The molecule has 1 aromatic carbocycles. The summed E-state index contributed by atoms with van der Waals surface area (Å²) in [5.41, 5.74) is 2.62. The van der Waals surface area contributed by atoms with Gasteiger partial charge in [-0.2, -0.15) is 8.42 Å². The second-order valence-electron chi connectivity index (χ2n) is 7.46. The third-order valence-corrected chi connectivity index (χ3v) is 4.76. The van der Waals surface area contributed by atoms with E-state index in [4.69, 9.17) is 0 Å². The molecule has 0 aromatic heterocycles. The van der Waals surface area contributed by atoms with Gasteiger partial charge in [-0.1, -0.05) is 59.7 Å². The van der Waals surface area contributed by atoms with E-state index < -0.39 is 15.4 Å². The van der Waals surface area contributed by atoms with Crippen LogP contribution in [0.4, 0.5) is 0 Å². The molecule has 20 heavy (non-hydrogen) atoms. The van der Waals surface area contributed by atoms with Gasteiger partial charge < -0.3 is 0 Å². The summed E-state index contributed by atoms with van der Waals surface area (Å²) in [5.74, 6) is 0. The molecule has 114 valence electrons. The molecule has 1 rings (SSSR count). The molecule has 0 saturated carbocycles. The summed E-state index contributed by atoms with van der Waals surface area (Å²) in [6, 6.07) is 5.85. The van der Waals surface area contributed by atoms with Crippen molar-refractivity contribution < 1.29 is 13.0 Å². The molecule has 4 heteroatoms. The molecule has 1 N–H and O–H groups in total. The van der Waals surface area contributed by atoms with E-state index in [-0.39, 0.29) is 10.8 Å². The highest BCUT2D eigenvalue weighted by Gasteiger charge is 2.28. The van der Waals surface area contributed by atoms with Crippen LogP contribution >= 0.6 is 0 Å². The molecule has 0 bridgehead atoms. The van der Waals surface area contributed by atoms with Crippen molar-refractivity contribution in [2.75, 3.05) is 0 Å². The Balaban J connectivity index is 3.56. The number of benzene rings is 1. The highest BCUT2D eigenvalue weighted by atomic mass is 32.2. The molecule has 1 aromatic rings. The van der Waals surface area contributed by atoms with E-state index in [9.17, 15) is 13.0 Å². The first kappa shape index (κ1) is 17.2. The summed E-state index contributed by atoms with van der Waals surface area (Å²) in [7, 11) is -4.09. The van der Waals surface area contributed by atoms with Crippen LogP contribution in [0.2, 0.25) is 0 Å². The first-order chi connectivity index (χ1) is 8.74. The predicted molar refractivity (Wildman–Crippen MR) is 83.8 cm³/mol. The fourth-order valence-corrected chi connectivity index (χ4v) is 2.71. The van der Waals surface area contributed by atoms with Crippen molar-refractivity contribution in [1.29, 1.82) is 0 Å². The highest BCUT2D eigenvalue weighted by molar-refractivity contribution is 7.86. The van der Waals surface area contributed by atoms with Crippen molar-refractivity contribution in [2.24, 2.45) is 0 Å². The van der Waals surface area contributed by atoms with Gasteiger partial charge in [-0.3, -0.25) is 4.55 Å². The maximum absolute atomic E-state index is 11.4. The van der Waals surface area contributed by atoms with E-state index in [0.29, 0.717) is 5.56 Å². The van der Waals surface area contributed by atoms with Gasteiger partial charge in [0.1, 0.15) is 5.25 Å². The second-order valence-corrected chi connectivity index (χ2v) is 9.20. The van der Waals surface area contributed by atoms with E-state index in [0.717, 1.165) is 11.1 Å². The minimum atomic E-state index is -4.09. The average molecular weight is 298 g/mol. The lowest BCUT2D eigenvalue weighted by molar-refractivity contribution is 0.470. The topological polar surface area (TPSA) is 54.4 Å². The van der Waals surface area contributed by atoms with Crippen LogP contribution in [-0.4, -0.2) is 13.0 Å². The Labute approximate surface area is 123 Å². The third kappa shape index (κ3) is 3.83. The Bertz CT molecular complexity index is 587. The molecule has 1 unspecified atom stereocenters. The van der Waals surface area contributed by atoms with Gasteiger partial charge in [0.25, 0.3) is 10.1 Å². The molecular formula is C16H26O3S. The monoisotopic (exact) mass is 298 g/mol. The van der Waals surface area contributed by atoms with Crippen LogP contribution in [0.1, 0.15) is 70.4 Å². The highest BCUT2D eigenvalue weighted by Crippen LogP contribution is 2.36. The van der Waals surface area contributed by atoms with E-state index in [1.807, 2.05) is 12.1 Å². The van der Waals surface area contributed by atoms with Gasteiger partial charge in [0, 0.05) is 0 Å². The zero-order valence-electron chi connectivity index (χ0n) is 13.5. The SMILES string of the molecule is CC(c1ccc(C(C)(C)C)cc1C(C)(C)C)S(=O)(=O)O. The molecule has 0 fully saturated rings. The molecule has 0 aliphatic heterocycles. The van der Waals surface area contributed by atoms with Crippen LogP contribution in [0.5, 0.6) is 0 Å². The summed E-state index contributed by atoms with van der Waals surface area (Å²) >= 11 is 0. The molecule has 0 spiro atoms. The summed E-state index contributed by atoms with van der Waals surface area (Å²) in [6.07, 6.45) is 0. The van der Waals surface area contributed by atoms with Gasteiger partial charge in [0.15, 0.2) is 0 Å². The Hall–Kier alpha value is -0.870. The Kier molecular flexibility index (Phi) is 4.43. The Morgan fingerprint density at radius 1 is 1.00 bits per heavy atom. The minimum Gasteiger partial charge on any atom is -0.285 e. The van der Waals surface area contributed by atoms with Crippen LogP contribution in [0.15, 0.2) is 18.2 Å². The largest absolute Gasteiger partial charge is 0.285 e. The fourth-order valence-electron chi connectivity index (χ4n) is 2.19. The second kappa shape index (κ2) is 5.15. The Morgan fingerprint density at radius 3 is 1.85 bits per heavy atom.